The largest absolute Gasteiger partial charge is 0.481 e. The number of piperazine rings is 1. The molecule has 8 nitrogen and oxygen atoms in total. The van der Waals surface area contributed by atoms with E-state index in [-0.39, 0.29) is 5.91 Å². The van der Waals surface area contributed by atoms with Crippen LogP contribution < -0.4 is 9.64 Å². The van der Waals surface area contributed by atoms with E-state index in [1.54, 1.807) is 19.4 Å². The molecule has 3 rings (SSSR count). The zero-order valence-corrected chi connectivity index (χ0v) is 15.9. The molecule has 0 unspecified atom stereocenters. The number of aromatic nitrogens is 4. The molecule has 140 valence electrons. The molecule has 2 aromatic rings. The zero-order chi connectivity index (χ0) is 18.7. The third-order valence-electron chi connectivity index (χ3n) is 4.99. The standard InChI is InChI=1S/C18H26N6O2/c1-13-15(14(2)22(3)21-13)5-6-17(25)23-9-11-24(12-10-23)18-19-8-7-16(20-18)26-4/h7-8H,5-6,9-12H2,1-4H3. The molecule has 0 spiro atoms. The van der Waals surface area contributed by atoms with E-state index in [0.717, 1.165) is 30.9 Å². The molecule has 2 aromatic heterocycles. The van der Waals surface area contributed by atoms with Gasteiger partial charge >= 0.3 is 0 Å². The van der Waals surface area contributed by atoms with Gasteiger partial charge in [-0.2, -0.15) is 10.1 Å². The highest BCUT2D eigenvalue weighted by atomic mass is 16.5. The first-order valence-electron chi connectivity index (χ1n) is 8.88. The SMILES string of the molecule is COc1ccnc(N2CCN(C(=O)CCc3c(C)nn(C)c3C)CC2)n1. The minimum Gasteiger partial charge on any atom is -0.481 e. The molecule has 1 fully saturated rings. The van der Waals surface area contributed by atoms with E-state index >= 15 is 0 Å². The molecule has 0 bridgehead atoms. The van der Waals surface area contributed by atoms with Gasteiger partial charge in [0.05, 0.1) is 12.8 Å². The predicted octanol–water partition coefficient (Wildman–Crippen LogP) is 1.12. The normalized spacial score (nSPS) is 14.6. The second kappa shape index (κ2) is 7.72. The van der Waals surface area contributed by atoms with Crippen LogP contribution in [0, 0.1) is 13.8 Å². The van der Waals surface area contributed by atoms with Gasteiger partial charge in [0.2, 0.25) is 17.7 Å². The first-order valence-corrected chi connectivity index (χ1v) is 8.88. The summed E-state index contributed by atoms with van der Waals surface area (Å²) >= 11 is 0. The van der Waals surface area contributed by atoms with Gasteiger partial charge in [-0.05, 0) is 25.8 Å². The molecule has 3 heterocycles. The maximum Gasteiger partial charge on any atom is 0.228 e. The minimum atomic E-state index is 0.193. The van der Waals surface area contributed by atoms with Gasteiger partial charge in [0.25, 0.3) is 0 Å². The van der Waals surface area contributed by atoms with Gasteiger partial charge in [0, 0.05) is 57.6 Å². The Morgan fingerprint density at radius 3 is 2.58 bits per heavy atom. The molecule has 1 saturated heterocycles. The van der Waals surface area contributed by atoms with Crippen LogP contribution in [0.1, 0.15) is 23.4 Å². The lowest BCUT2D eigenvalue weighted by molar-refractivity contribution is -0.131. The number of hydrogen-bond acceptors (Lipinski definition) is 6. The third-order valence-corrected chi connectivity index (χ3v) is 4.99. The monoisotopic (exact) mass is 358 g/mol. The molecule has 8 heteroatoms. The molecule has 1 aliphatic rings. The number of methoxy groups -OCH3 is 1. The van der Waals surface area contributed by atoms with Crippen molar-refractivity contribution in [3.8, 4) is 5.88 Å². The van der Waals surface area contributed by atoms with Crippen molar-refractivity contribution in [1.82, 2.24) is 24.6 Å². The average Bonchev–Trinajstić information content (AvgIpc) is 2.91. The number of hydrogen-bond donors (Lipinski definition) is 0. The van der Waals surface area contributed by atoms with Crippen LogP contribution in [0.5, 0.6) is 5.88 Å². The zero-order valence-electron chi connectivity index (χ0n) is 15.9. The summed E-state index contributed by atoms with van der Waals surface area (Å²) < 4.78 is 7.03. The topological polar surface area (TPSA) is 76.4 Å². The van der Waals surface area contributed by atoms with E-state index in [9.17, 15) is 4.79 Å². The number of aryl methyl sites for hydroxylation is 2. The van der Waals surface area contributed by atoms with Gasteiger partial charge in [0.1, 0.15) is 0 Å². The summed E-state index contributed by atoms with van der Waals surface area (Å²) in [5.74, 6) is 1.40. The lowest BCUT2D eigenvalue weighted by Gasteiger charge is -2.34. The highest BCUT2D eigenvalue weighted by Crippen LogP contribution is 2.17. The van der Waals surface area contributed by atoms with Gasteiger partial charge in [-0.25, -0.2) is 4.98 Å². The third kappa shape index (κ3) is 3.79. The Morgan fingerprint density at radius 1 is 1.23 bits per heavy atom. The Kier molecular flexibility index (Phi) is 5.39. The van der Waals surface area contributed by atoms with Gasteiger partial charge in [-0.1, -0.05) is 0 Å². The van der Waals surface area contributed by atoms with Crippen molar-refractivity contribution in [3.63, 3.8) is 0 Å². The predicted molar refractivity (Wildman–Crippen MR) is 98.4 cm³/mol. The van der Waals surface area contributed by atoms with Gasteiger partial charge < -0.3 is 14.5 Å². The van der Waals surface area contributed by atoms with Crippen molar-refractivity contribution < 1.29 is 9.53 Å². The summed E-state index contributed by atoms with van der Waals surface area (Å²) in [6.07, 6.45) is 2.95. The fraction of sp³-hybridized carbons (Fsp3) is 0.556. The van der Waals surface area contributed by atoms with Crippen LogP contribution in [-0.2, 0) is 18.3 Å². The second-order valence-corrected chi connectivity index (χ2v) is 6.54. The van der Waals surface area contributed by atoms with Gasteiger partial charge in [-0.3, -0.25) is 9.48 Å². The highest BCUT2D eigenvalue weighted by Gasteiger charge is 2.23. The van der Waals surface area contributed by atoms with Crippen molar-refractivity contribution in [3.05, 3.63) is 29.2 Å². The number of carbonyl (C=O) groups is 1. The molecule has 0 N–H and O–H groups in total. The second-order valence-electron chi connectivity index (χ2n) is 6.54. The molecule has 1 amide bonds. The Morgan fingerprint density at radius 2 is 1.96 bits per heavy atom. The quantitative estimate of drug-likeness (QED) is 0.797. The average molecular weight is 358 g/mol. The van der Waals surface area contributed by atoms with Crippen LogP contribution in [-0.4, -0.2) is 63.8 Å². The Balaban J connectivity index is 1.53. The van der Waals surface area contributed by atoms with E-state index in [1.807, 2.05) is 30.5 Å². The summed E-state index contributed by atoms with van der Waals surface area (Å²) in [7, 11) is 3.53. The van der Waals surface area contributed by atoms with Crippen molar-refractivity contribution >= 4 is 11.9 Å². The van der Waals surface area contributed by atoms with Crippen LogP contribution in [0.3, 0.4) is 0 Å². The van der Waals surface area contributed by atoms with Crippen molar-refractivity contribution in [2.45, 2.75) is 26.7 Å². The van der Waals surface area contributed by atoms with Crippen LogP contribution in [0.15, 0.2) is 12.3 Å². The van der Waals surface area contributed by atoms with E-state index < -0.39 is 0 Å². The number of carbonyl (C=O) groups excluding carboxylic acids is 1. The summed E-state index contributed by atoms with van der Waals surface area (Å²) in [5, 5.41) is 4.42. The maximum atomic E-state index is 12.6. The number of anilines is 1. The fourth-order valence-corrected chi connectivity index (χ4v) is 3.32. The van der Waals surface area contributed by atoms with E-state index in [1.165, 1.54) is 5.56 Å². The van der Waals surface area contributed by atoms with Crippen molar-refractivity contribution in [2.24, 2.45) is 7.05 Å². The van der Waals surface area contributed by atoms with Crippen molar-refractivity contribution in [2.75, 3.05) is 38.2 Å². The molecular formula is C18H26N6O2. The van der Waals surface area contributed by atoms with E-state index in [2.05, 4.69) is 20.0 Å². The molecule has 0 radical (unpaired) electrons. The fourth-order valence-electron chi connectivity index (χ4n) is 3.32. The minimum absolute atomic E-state index is 0.193. The lowest BCUT2D eigenvalue weighted by atomic mass is 10.1. The molecule has 0 aliphatic carbocycles. The summed E-state index contributed by atoms with van der Waals surface area (Å²) in [4.78, 5) is 25.2. The molecule has 1 aliphatic heterocycles. The highest BCUT2D eigenvalue weighted by molar-refractivity contribution is 5.76. The lowest BCUT2D eigenvalue weighted by Crippen LogP contribution is -2.49. The number of amides is 1. The number of ether oxygens (including phenoxy) is 1. The van der Waals surface area contributed by atoms with E-state index in [4.69, 9.17) is 4.74 Å². The van der Waals surface area contributed by atoms with Gasteiger partial charge in [0.15, 0.2) is 0 Å². The first kappa shape index (κ1) is 18.2. The van der Waals surface area contributed by atoms with Gasteiger partial charge in [-0.15, -0.1) is 0 Å². The Bertz CT molecular complexity index is 780. The number of nitrogens with zero attached hydrogens (tertiary/aromatic N) is 6. The smallest absolute Gasteiger partial charge is 0.228 e. The Hall–Kier alpha value is -2.64. The summed E-state index contributed by atoms with van der Waals surface area (Å²) in [5.41, 5.74) is 3.33. The maximum absolute atomic E-state index is 12.6. The first-order chi connectivity index (χ1) is 12.5. The molecule has 0 aromatic carbocycles. The number of rotatable bonds is 5. The molecular weight excluding hydrogens is 332 g/mol. The van der Waals surface area contributed by atoms with Crippen molar-refractivity contribution in [1.29, 1.82) is 0 Å². The summed E-state index contributed by atoms with van der Waals surface area (Å²) in [6, 6.07) is 1.73. The van der Waals surface area contributed by atoms with Crippen LogP contribution in [0.2, 0.25) is 0 Å². The Labute approximate surface area is 153 Å². The van der Waals surface area contributed by atoms with E-state index in [0.29, 0.717) is 31.3 Å². The van der Waals surface area contributed by atoms with Crippen LogP contribution in [0.4, 0.5) is 5.95 Å². The molecule has 26 heavy (non-hydrogen) atoms. The molecule has 0 atom stereocenters. The molecule has 0 saturated carbocycles. The van der Waals surface area contributed by atoms with Crippen LogP contribution in [0.25, 0.3) is 0 Å². The van der Waals surface area contributed by atoms with Crippen LogP contribution >= 0.6 is 0 Å². The summed E-state index contributed by atoms with van der Waals surface area (Å²) in [6.45, 7) is 6.87.